The molecule has 92 valence electrons. The zero-order valence-corrected chi connectivity index (χ0v) is 9.20. The molecule has 1 heterocycles. The Morgan fingerprint density at radius 2 is 1.81 bits per heavy atom. The van der Waals surface area contributed by atoms with Gasteiger partial charge in [0.15, 0.2) is 5.79 Å². The number of carbonyl (C=O) groups is 1. The molecule has 6 heteroatoms. The average Bonchev–Trinajstić information content (AvgIpc) is 2.70. The molecule has 2 rings (SSSR count). The van der Waals surface area contributed by atoms with Gasteiger partial charge in [-0.25, -0.2) is 4.79 Å². The van der Waals surface area contributed by atoms with E-state index in [0.29, 0.717) is 32.6 Å². The van der Waals surface area contributed by atoms with E-state index in [-0.39, 0.29) is 0 Å². The van der Waals surface area contributed by atoms with Gasteiger partial charge in [-0.1, -0.05) is 0 Å². The summed E-state index contributed by atoms with van der Waals surface area (Å²) in [6.07, 6.45) is 1.88. The Hall–Kier alpha value is -0.850. The molecule has 4 N–H and O–H groups in total. The topological polar surface area (TPSA) is 93.8 Å². The van der Waals surface area contributed by atoms with E-state index in [2.05, 4.69) is 5.32 Å². The van der Waals surface area contributed by atoms with Gasteiger partial charge >= 0.3 is 6.09 Å². The fourth-order valence-corrected chi connectivity index (χ4v) is 2.34. The van der Waals surface area contributed by atoms with Crippen LogP contribution in [0.3, 0.4) is 0 Å². The van der Waals surface area contributed by atoms with E-state index in [1.54, 1.807) is 0 Å². The van der Waals surface area contributed by atoms with Crippen molar-refractivity contribution in [3.63, 3.8) is 0 Å². The van der Waals surface area contributed by atoms with Crippen molar-refractivity contribution in [2.24, 2.45) is 5.73 Å². The zero-order chi connectivity index (χ0) is 11.6. The second-order valence-corrected chi connectivity index (χ2v) is 4.63. The highest BCUT2D eigenvalue weighted by Crippen LogP contribution is 2.38. The maximum Gasteiger partial charge on any atom is 0.404 e. The molecule has 1 aliphatic carbocycles. The van der Waals surface area contributed by atoms with Gasteiger partial charge in [-0.2, -0.15) is 0 Å². The third-order valence-electron chi connectivity index (χ3n) is 3.41. The molecule has 0 aromatic heterocycles. The summed E-state index contributed by atoms with van der Waals surface area (Å²) in [5.74, 6) is -0.438. The lowest BCUT2D eigenvalue weighted by Gasteiger charge is -2.41. The van der Waals surface area contributed by atoms with Crippen LogP contribution >= 0.6 is 0 Å². The largest absolute Gasteiger partial charge is 0.465 e. The van der Waals surface area contributed by atoms with Crippen molar-refractivity contribution < 1.29 is 19.4 Å². The first-order valence-corrected chi connectivity index (χ1v) is 5.57. The Kier molecular flexibility index (Phi) is 3.05. The van der Waals surface area contributed by atoms with Gasteiger partial charge in [0.05, 0.1) is 13.2 Å². The standard InChI is InChI=1S/C10H18N2O4/c11-9(7-12-8(13)14)1-3-10(4-2-9)15-5-6-16-10/h12H,1-7,11H2,(H,13,14). The number of hydrogen-bond acceptors (Lipinski definition) is 4. The van der Waals surface area contributed by atoms with Crippen LogP contribution < -0.4 is 11.1 Å². The Morgan fingerprint density at radius 3 is 2.31 bits per heavy atom. The van der Waals surface area contributed by atoms with Crippen LogP contribution in [0.1, 0.15) is 25.7 Å². The molecular weight excluding hydrogens is 212 g/mol. The summed E-state index contributed by atoms with van der Waals surface area (Å²) in [7, 11) is 0. The Labute approximate surface area is 94.1 Å². The molecule has 0 atom stereocenters. The fraction of sp³-hybridized carbons (Fsp3) is 0.900. The lowest BCUT2D eigenvalue weighted by Crippen LogP contribution is -2.55. The van der Waals surface area contributed by atoms with Crippen LogP contribution in [-0.2, 0) is 9.47 Å². The van der Waals surface area contributed by atoms with Gasteiger partial charge in [-0.15, -0.1) is 0 Å². The summed E-state index contributed by atoms with van der Waals surface area (Å²) in [5, 5.41) is 10.9. The summed E-state index contributed by atoms with van der Waals surface area (Å²) < 4.78 is 11.2. The molecule has 1 aliphatic heterocycles. The summed E-state index contributed by atoms with van der Waals surface area (Å²) in [6, 6.07) is 0. The van der Waals surface area contributed by atoms with Crippen LogP contribution in [0.2, 0.25) is 0 Å². The first-order valence-electron chi connectivity index (χ1n) is 5.57. The monoisotopic (exact) mass is 230 g/mol. The van der Waals surface area contributed by atoms with Crippen molar-refractivity contribution in [1.82, 2.24) is 5.32 Å². The van der Waals surface area contributed by atoms with Crippen LogP contribution in [0, 0.1) is 0 Å². The molecule has 0 unspecified atom stereocenters. The smallest absolute Gasteiger partial charge is 0.404 e. The van der Waals surface area contributed by atoms with Crippen molar-refractivity contribution in [2.75, 3.05) is 19.8 Å². The van der Waals surface area contributed by atoms with E-state index < -0.39 is 17.4 Å². The van der Waals surface area contributed by atoms with E-state index in [1.165, 1.54) is 0 Å². The summed E-state index contributed by atoms with van der Waals surface area (Å²) >= 11 is 0. The number of ether oxygens (including phenoxy) is 2. The molecule has 0 radical (unpaired) electrons. The van der Waals surface area contributed by atoms with Crippen LogP contribution in [0.15, 0.2) is 0 Å². The van der Waals surface area contributed by atoms with Gasteiger partial charge in [-0.3, -0.25) is 0 Å². The third-order valence-corrected chi connectivity index (χ3v) is 3.41. The van der Waals surface area contributed by atoms with E-state index in [4.69, 9.17) is 20.3 Å². The first kappa shape index (κ1) is 11.6. The van der Waals surface area contributed by atoms with E-state index in [0.717, 1.165) is 12.8 Å². The van der Waals surface area contributed by atoms with Gasteiger partial charge in [0.2, 0.25) is 0 Å². The molecule has 6 nitrogen and oxygen atoms in total. The molecule has 1 spiro atoms. The van der Waals surface area contributed by atoms with E-state index >= 15 is 0 Å². The SMILES string of the molecule is NC1(CNC(=O)O)CCC2(CC1)OCCO2. The lowest BCUT2D eigenvalue weighted by molar-refractivity contribution is -0.184. The Bertz CT molecular complexity index is 266. The second-order valence-electron chi connectivity index (χ2n) is 4.63. The molecule has 0 bridgehead atoms. The Morgan fingerprint density at radius 1 is 1.25 bits per heavy atom. The van der Waals surface area contributed by atoms with Gasteiger partial charge < -0.3 is 25.6 Å². The molecular formula is C10H18N2O4. The van der Waals surface area contributed by atoms with Crippen LogP contribution in [0.4, 0.5) is 4.79 Å². The Balaban J connectivity index is 1.85. The van der Waals surface area contributed by atoms with Crippen molar-refractivity contribution in [1.29, 1.82) is 0 Å². The number of carboxylic acid groups (broad SMARTS) is 1. The predicted octanol–water partition coefficient (Wildman–Crippen LogP) is 0.269. The fourth-order valence-electron chi connectivity index (χ4n) is 2.34. The average molecular weight is 230 g/mol. The highest BCUT2D eigenvalue weighted by atomic mass is 16.7. The van der Waals surface area contributed by atoms with Crippen LogP contribution in [-0.4, -0.2) is 42.3 Å². The molecule has 2 fully saturated rings. The molecule has 0 aromatic carbocycles. The van der Waals surface area contributed by atoms with Crippen LogP contribution in [0.25, 0.3) is 0 Å². The molecule has 2 aliphatic rings. The minimum Gasteiger partial charge on any atom is -0.465 e. The normalized spacial score (nSPS) is 26.8. The van der Waals surface area contributed by atoms with Crippen molar-refractivity contribution >= 4 is 6.09 Å². The minimum atomic E-state index is -1.03. The minimum absolute atomic E-state index is 0.290. The summed E-state index contributed by atoms with van der Waals surface area (Å²) in [6.45, 7) is 1.58. The first-order chi connectivity index (χ1) is 7.54. The maximum absolute atomic E-state index is 10.4. The quantitative estimate of drug-likeness (QED) is 0.633. The second kappa shape index (κ2) is 4.20. The summed E-state index contributed by atoms with van der Waals surface area (Å²) in [5.41, 5.74) is 5.66. The number of rotatable bonds is 2. The van der Waals surface area contributed by atoms with Crippen molar-refractivity contribution in [3.05, 3.63) is 0 Å². The summed E-state index contributed by atoms with van der Waals surface area (Å²) in [4.78, 5) is 10.4. The zero-order valence-electron chi connectivity index (χ0n) is 9.20. The number of hydrogen-bond donors (Lipinski definition) is 3. The predicted molar refractivity (Wildman–Crippen MR) is 56.0 cm³/mol. The number of nitrogens with two attached hydrogens (primary N) is 1. The van der Waals surface area contributed by atoms with E-state index in [9.17, 15) is 4.79 Å². The van der Waals surface area contributed by atoms with Gasteiger partial charge in [0.1, 0.15) is 0 Å². The highest BCUT2D eigenvalue weighted by Gasteiger charge is 2.44. The molecule has 1 amide bonds. The third kappa shape index (κ3) is 2.45. The maximum atomic E-state index is 10.4. The van der Waals surface area contributed by atoms with Gasteiger partial charge in [-0.05, 0) is 12.8 Å². The van der Waals surface area contributed by atoms with Crippen molar-refractivity contribution in [2.45, 2.75) is 37.0 Å². The highest BCUT2D eigenvalue weighted by molar-refractivity contribution is 5.64. The molecule has 1 saturated carbocycles. The van der Waals surface area contributed by atoms with E-state index in [1.807, 2.05) is 0 Å². The number of amides is 1. The van der Waals surface area contributed by atoms with Crippen molar-refractivity contribution in [3.8, 4) is 0 Å². The lowest BCUT2D eigenvalue weighted by atomic mass is 9.79. The molecule has 1 saturated heterocycles. The molecule has 0 aromatic rings. The van der Waals surface area contributed by atoms with Gasteiger partial charge in [0.25, 0.3) is 0 Å². The molecule has 16 heavy (non-hydrogen) atoms. The number of nitrogens with one attached hydrogen (secondary N) is 1. The van der Waals surface area contributed by atoms with Gasteiger partial charge in [0, 0.05) is 24.9 Å². The van der Waals surface area contributed by atoms with Crippen LogP contribution in [0.5, 0.6) is 0 Å².